The molecule has 154 valence electrons. The second-order valence-electron chi connectivity index (χ2n) is 8.09. The lowest BCUT2D eigenvalue weighted by Crippen LogP contribution is -2.48. The van der Waals surface area contributed by atoms with Crippen molar-refractivity contribution < 1.29 is 19.0 Å². The number of rotatable bonds is 0. The SMILES string of the molecule is O=C1COc2cc(F)ccc2-n2ncc3c(O)nc(nc32)N2CCCC23CCN1C3. The summed E-state index contributed by atoms with van der Waals surface area (Å²) >= 11 is 0. The van der Waals surface area contributed by atoms with Crippen LogP contribution in [0.1, 0.15) is 19.3 Å². The Labute approximate surface area is 170 Å². The van der Waals surface area contributed by atoms with Gasteiger partial charge in [0.05, 0.1) is 11.7 Å². The van der Waals surface area contributed by atoms with Crippen LogP contribution in [0.5, 0.6) is 11.6 Å². The summed E-state index contributed by atoms with van der Waals surface area (Å²) in [5.41, 5.74) is 0.573. The number of aromatic hydroxyl groups is 1. The molecule has 1 aromatic carbocycles. The smallest absolute Gasteiger partial charge is 0.260 e. The van der Waals surface area contributed by atoms with Crippen LogP contribution >= 0.6 is 0 Å². The van der Waals surface area contributed by atoms with E-state index in [0.717, 1.165) is 25.8 Å². The highest BCUT2D eigenvalue weighted by molar-refractivity contribution is 5.83. The van der Waals surface area contributed by atoms with Crippen LogP contribution in [-0.2, 0) is 4.79 Å². The maximum Gasteiger partial charge on any atom is 0.260 e. The lowest BCUT2D eigenvalue weighted by molar-refractivity contribution is -0.132. The van der Waals surface area contributed by atoms with Gasteiger partial charge < -0.3 is 19.6 Å². The van der Waals surface area contributed by atoms with E-state index in [2.05, 4.69) is 15.0 Å². The zero-order valence-corrected chi connectivity index (χ0v) is 16.1. The molecule has 9 nitrogen and oxygen atoms in total. The maximum atomic E-state index is 13.9. The number of benzene rings is 1. The molecule has 0 aliphatic carbocycles. The Morgan fingerprint density at radius 1 is 1.20 bits per heavy atom. The van der Waals surface area contributed by atoms with E-state index in [1.807, 2.05) is 0 Å². The number of nitrogens with zero attached hydrogens (tertiary/aromatic N) is 6. The number of halogens is 1. The molecule has 10 heteroatoms. The van der Waals surface area contributed by atoms with E-state index in [0.29, 0.717) is 35.8 Å². The average Bonchev–Trinajstić information content (AvgIpc) is 3.45. The summed E-state index contributed by atoms with van der Waals surface area (Å²) in [5, 5.41) is 15.3. The highest BCUT2D eigenvalue weighted by Crippen LogP contribution is 2.41. The van der Waals surface area contributed by atoms with Gasteiger partial charge in [-0.05, 0) is 31.4 Å². The summed E-state index contributed by atoms with van der Waals surface area (Å²) in [7, 11) is 0. The minimum Gasteiger partial charge on any atom is -0.493 e. The lowest BCUT2D eigenvalue weighted by Gasteiger charge is -2.35. The monoisotopic (exact) mass is 410 g/mol. The van der Waals surface area contributed by atoms with Crippen molar-refractivity contribution in [2.45, 2.75) is 24.8 Å². The van der Waals surface area contributed by atoms with Crippen molar-refractivity contribution in [2.24, 2.45) is 0 Å². The molecule has 1 atom stereocenters. The van der Waals surface area contributed by atoms with Crippen LogP contribution in [0.25, 0.3) is 16.7 Å². The first-order chi connectivity index (χ1) is 14.5. The van der Waals surface area contributed by atoms with Gasteiger partial charge in [-0.1, -0.05) is 0 Å². The van der Waals surface area contributed by atoms with E-state index in [1.165, 1.54) is 29.1 Å². The Balaban J connectivity index is 1.61. The van der Waals surface area contributed by atoms with E-state index in [-0.39, 0.29) is 29.7 Å². The van der Waals surface area contributed by atoms with Crippen molar-refractivity contribution in [1.29, 1.82) is 0 Å². The summed E-state index contributed by atoms with van der Waals surface area (Å²) in [5.74, 6) is -0.192. The number of carbonyl (C=O) groups is 1. The lowest BCUT2D eigenvalue weighted by atomic mass is 9.95. The van der Waals surface area contributed by atoms with Crippen LogP contribution in [0.3, 0.4) is 0 Å². The summed E-state index contributed by atoms with van der Waals surface area (Å²) in [6.45, 7) is 1.72. The number of aromatic nitrogens is 4. The summed E-state index contributed by atoms with van der Waals surface area (Å²) in [4.78, 5) is 25.8. The van der Waals surface area contributed by atoms with E-state index in [4.69, 9.17) is 9.72 Å². The summed E-state index contributed by atoms with van der Waals surface area (Å²) in [6.07, 6.45) is 4.15. The first kappa shape index (κ1) is 17.4. The molecule has 0 saturated carbocycles. The van der Waals surface area contributed by atoms with E-state index in [1.54, 1.807) is 4.90 Å². The zero-order chi connectivity index (χ0) is 20.5. The number of amides is 1. The van der Waals surface area contributed by atoms with E-state index in [9.17, 15) is 14.3 Å². The second-order valence-corrected chi connectivity index (χ2v) is 8.09. The first-order valence-corrected chi connectivity index (χ1v) is 9.97. The van der Waals surface area contributed by atoms with Gasteiger partial charge in [0.25, 0.3) is 5.91 Å². The van der Waals surface area contributed by atoms with Crippen molar-refractivity contribution in [3.8, 4) is 17.3 Å². The fourth-order valence-electron chi connectivity index (χ4n) is 4.93. The molecule has 2 saturated heterocycles. The van der Waals surface area contributed by atoms with Crippen molar-refractivity contribution in [1.82, 2.24) is 24.6 Å². The molecular weight excluding hydrogens is 391 g/mol. The Morgan fingerprint density at radius 3 is 3.00 bits per heavy atom. The van der Waals surface area contributed by atoms with Crippen LogP contribution in [0, 0.1) is 5.82 Å². The van der Waals surface area contributed by atoms with Gasteiger partial charge >= 0.3 is 0 Å². The fourth-order valence-corrected chi connectivity index (χ4v) is 4.93. The number of hydrogen-bond donors (Lipinski definition) is 1. The highest BCUT2D eigenvalue weighted by Gasteiger charge is 2.48. The molecule has 1 amide bonds. The minimum atomic E-state index is -0.485. The fraction of sp³-hybridized carbons (Fsp3) is 0.400. The van der Waals surface area contributed by atoms with Gasteiger partial charge in [-0.25, -0.2) is 9.07 Å². The quantitative estimate of drug-likeness (QED) is 0.602. The summed E-state index contributed by atoms with van der Waals surface area (Å²) in [6, 6.07) is 4.03. The largest absolute Gasteiger partial charge is 0.493 e. The third kappa shape index (κ3) is 2.39. The number of carbonyl (C=O) groups excluding carboxylic acids is 1. The number of hydrogen-bond acceptors (Lipinski definition) is 7. The third-order valence-electron chi connectivity index (χ3n) is 6.42. The van der Waals surface area contributed by atoms with Crippen LogP contribution in [0.4, 0.5) is 10.3 Å². The average molecular weight is 410 g/mol. The normalized spacial score (nSPS) is 23.0. The van der Waals surface area contributed by atoms with Gasteiger partial charge in [0.2, 0.25) is 11.8 Å². The molecule has 1 unspecified atom stereocenters. The van der Waals surface area contributed by atoms with Crippen LogP contribution in [0.2, 0.25) is 0 Å². The number of anilines is 1. The van der Waals surface area contributed by atoms with Crippen molar-refractivity contribution in [2.75, 3.05) is 31.1 Å². The molecule has 4 bridgehead atoms. The topological polar surface area (TPSA) is 96.6 Å². The predicted octanol–water partition coefficient (Wildman–Crippen LogP) is 1.62. The first-order valence-electron chi connectivity index (χ1n) is 9.97. The molecule has 0 radical (unpaired) electrons. The minimum absolute atomic E-state index is 0.144. The van der Waals surface area contributed by atoms with Crippen LogP contribution < -0.4 is 9.64 Å². The Morgan fingerprint density at radius 2 is 2.10 bits per heavy atom. The highest BCUT2D eigenvalue weighted by atomic mass is 19.1. The third-order valence-corrected chi connectivity index (χ3v) is 6.42. The second kappa shape index (κ2) is 6.04. The summed E-state index contributed by atoms with van der Waals surface area (Å²) < 4.78 is 21.2. The molecule has 5 heterocycles. The number of fused-ring (bicyclic) bond motifs is 5. The standard InChI is InChI=1S/C20H19FN6O3/c21-12-2-3-14-15(8-12)30-10-16(28)25-7-5-20(11-25)4-1-6-26(20)19-23-17-13(18(29)24-19)9-22-27(14)17/h2-3,8-9H,1,4-7,10-11H2,(H,23,24,29). The molecule has 3 aliphatic rings. The Kier molecular flexibility index (Phi) is 3.51. The van der Waals surface area contributed by atoms with E-state index >= 15 is 0 Å². The Hall–Kier alpha value is -3.43. The van der Waals surface area contributed by atoms with Gasteiger partial charge in [-0.2, -0.15) is 15.1 Å². The molecule has 30 heavy (non-hydrogen) atoms. The number of ether oxygens (including phenoxy) is 1. The molecular formula is C20H19FN6O3. The van der Waals surface area contributed by atoms with Gasteiger partial charge in [-0.15, -0.1) is 0 Å². The van der Waals surface area contributed by atoms with Gasteiger partial charge in [0.15, 0.2) is 12.3 Å². The molecule has 3 aromatic rings. The van der Waals surface area contributed by atoms with Gasteiger partial charge in [0, 0.05) is 25.7 Å². The molecule has 1 spiro atoms. The van der Waals surface area contributed by atoms with Crippen molar-refractivity contribution >= 4 is 22.9 Å². The molecule has 2 aromatic heterocycles. The van der Waals surface area contributed by atoms with Crippen molar-refractivity contribution in [3.63, 3.8) is 0 Å². The van der Waals surface area contributed by atoms with E-state index < -0.39 is 5.82 Å². The molecule has 2 fully saturated rings. The van der Waals surface area contributed by atoms with Crippen molar-refractivity contribution in [3.05, 3.63) is 30.2 Å². The zero-order valence-electron chi connectivity index (χ0n) is 16.1. The maximum absolute atomic E-state index is 13.9. The van der Waals surface area contributed by atoms with Gasteiger partial charge in [-0.3, -0.25) is 4.79 Å². The molecule has 6 rings (SSSR count). The van der Waals surface area contributed by atoms with Crippen LogP contribution in [0.15, 0.2) is 24.4 Å². The van der Waals surface area contributed by atoms with Crippen LogP contribution in [-0.4, -0.2) is 67.4 Å². The molecule has 1 N–H and O–H groups in total. The molecule has 3 aliphatic heterocycles. The predicted molar refractivity (Wildman–Crippen MR) is 104 cm³/mol. The Bertz CT molecular complexity index is 1200. The van der Waals surface area contributed by atoms with Gasteiger partial charge in [0.1, 0.15) is 22.6 Å².